The van der Waals surface area contributed by atoms with Crippen LogP contribution >= 0.6 is 0 Å². The summed E-state index contributed by atoms with van der Waals surface area (Å²) in [5, 5.41) is 9.84. The summed E-state index contributed by atoms with van der Waals surface area (Å²) < 4.78 is 0. The standard InChI is InChI=1S/C14H18N6O/c1-2-10-9-12(19-18-10)17-13(21)11-5-3-8-20(11)14-15-6-4-7-16-14/h4,6-7,9,11H,2-3,5,8H2,1H3,(H2,17,18,19,21). The van der Waals surface area contributed by atoms with E-state index >= 15 is 0 Å². The van der Waals surface area contributed by atoms with Crippen molar-refractivity contribution in [1.82, 2.24) is 20.2 Å². The number of aromatic nitrogens is 4. The van der Waals surface area contributed by atoms with Crippen LogP contribution in [-0.2, 0) is 11.2 Å². The van der Waals surface area contributed by atoms with Crippen molar-refractivity contribution in [2.24, 2.45) is 0 Å². The van der Waals surface area contributed by atoms with Gasteiger partial charge >= 0.3 is 0 Å². The second-order valence-electron chi connectivity index (χ2n) is 5.02. The summed E-state index contributed by atoms with van der Waals surface area (Å²) in [7, 11) is 0. The van der Waals surface area contributed by atoms with Crippen LogP contribution in [0.1, 0.15) is 25.5 Å². The zero-order valence-corrected chi connectivity index (χ0v) is 11.9. The van der Waals surface area contributed by atoms with Crippen LogP contribution in [0.4, 0.5) is 11.8 Å². The molecule has 1 fully saturated rings. The summed E-state index contributed by atoms with van der Waals surface area (Å²) in [5.74, 6) is 1.11. The third kappa shape index (κ3) is 2.86. The highest BCUT2D eigenvalue weighted by atomic mass is 16.2. The van der Waals surface area contributed by atoms with E-state index in [0.29, 0.717) is 11.8 Å². The van der Waals surface area contributed by atoms with Gasteiger partial charge in [0.2, 0.25) is 11.9 Å². The predicted octanol–water partition coefficient (Wildman–Crippen LogP) is 1.37. The van der Waals surface area contributed by atoms with E-state index < -0.39 is 0 Å². The highest BCUT2D eigenvalue weighted by molar-refractivity contribution is 5.96. The molecule has 1 amide bonds. The number of amides is 1. The van der Waals surface area contributed by atoms with Crippen molar-refractivity contribution in [3.05, 3.63) is 30.2 Å². The first-order valence-corrected chi connectivity index (χ1v) is 7.16. The number of anilines is 2. The molecule has 0 saturated carbocycles. The third-order valence-electron chi connectivity index (χ3n) is 3.63. The highest BCUT2D eigenvalue weighted by Gasteiger charge is 2.32. The van der Waals surface area contributed by atoms with E-state index in [0.717, 1.165) is 31.5 Å². The molecule has 7 heteroatoms. The molecule has 3 rings (SSSR count). The largest absolute Gasteiger partial charge is 0.329 e. The van der Waals surface area contributed by atoms with Crippen LogP contribution in [0.15, 0.2) is 24.5 Å². The van der Waals surface area contributed by atoms with Crippen LogP contribution in [-0.4, -0.2) is 38.7 Å². The third-order valence-corrected chi connectivity index (χ3v) is 3.63. The number of hydrogen-bond donors (Lipinski definition) is 2. The number of aromatic amines is 1. The fourth-order valence-corrected chi connectivity index (χ4v) is 2.53. The molecule has 1 unspecified atom stereocenters. The second kappa shape index (κ2) is 5.90. The van der Waals surface area contributed by atoms with Gasteiger partial charge in [0.05, 0.1) is 0 Å². The van der Waals surface area contributed by atoms with Gasteiger partial charge in [-0.05, 0) is 25.3 Å². The maximum absolute atomic E-state index is 12.4. The van der Waals surface area contributed by atoms with Crippen LogP contribution in [0.5, 0.6) is 0 Å². The minimum atomic E-state index is -0.242. The van der Waals surface area contributed by atoms with E-state index in [9.17, 15) is 4.79 Å². The Balaban J connectivity index is 1.71. The van der Waals surface area contributed by atoms with Crippen LogP contribution in [0.3, 0.4) is 0 Å². The topological polar surface area (TPSA) is 86.8 Å². The summed E-state index contributed by atoms with van der Waals surface area (Å²) >= 11 is 0. The van der Waals surface area contributed by atoms with Gasteiger partial charge in [0.25, 0.3) is 0 Å². The van der Waals surface area contributed by atoms with Crippen molar-refractivity contribution in [2.75, 3.05) is 16.8 Å². The lowest BCUT2D eigenvalue weighted by Gasteiger charge is -2.23. The number of nitrogens with zero attached hydrogens (tertiary/aromatic N) is 4. The van der Waals surface area contributed by atoms with E-state index in [1.165, 1.54) is 0 Å². The first kappa shape index (κ1) is 13.5. The van der Waals surface area contributed by atoms with Crippen molar-refractivity contribution in [3.63, 3.8) is 0 Å². The molecular formula is C14H18N6O. The zero-order valence-electron chi connectivity index (χ0n) is 11.9. The number of aryl methyl sites for hydroxylation is 1. The van der Waals surface area contributed by atoms with Gasteiger partial charge in [0.1, 0.15) is 6.04 Å². The minimum absolute atomic E-state index is 0.0610. The van der Waals surface area contributed by atoms with Gasteiger partial charge in [0.15, 0.2) is 5.82 Å². The predicted molar refractivity (Wildman–Crippen MR) is 79.0 cm³/mol. The van der Waals surface area contributed by atoms with Crippen molar-refractivity contribution in [1.29, 1.82) is 0 Å². The number of carbonyl (C=O) groups excluding carboxylic acids is 1. The minimum Gasteiger partial charge on any atom is -0.329 e. The van der Waals surface area contributed by atoms with Gasteiger partial charge in [-0.3, -0.25) is 9.89 Å². The monoisotopic (exact) mass is 286 g/mol. The van der Waals surface area contributed by atoms with E-state index in [1.807, 2.05) is 17.9 Å². The first-order chi connectivity index (χ1) is 10.3. The summed E-state index contributed by atoms with van der Waals surface area (Å²) in [6.07, 6.45) is 6.00. The lowest BCUT2D eigenvalue weighted by Crippen LogP contribution is -2.40. The SMILES string of the molecule is CCc1cc(NC(=O)C2CCCN2c2ncccn2)n[nH]1. The van der Waals surface area contributed by atoms with Crippen LogP contribution in [0, 0.1) is 0 Å². The number of carbonyl (C=O) groups is 1. The molecular weight excluding hydrogens is 268 g/mol. The molecule has 0 aliphatic carbocycles. The summed E-state index contributed by atoms with van der Waals surface area (Å²) in [6, 6.07) is 3.38. The molecule has 2 aromatic heterocycles. The Labute approximate surface area is 122 Å². The van der Waals surface area contributed by atoms with Crippen LogP contribution < -0.4 is 10.2 Å². The maximum Gasteiger partial charge on any atom is 0.248 e. The van der Waals surface area contributed by atoms with E-state index in [4.69, 9.17) is 0 Å². The Morgan fingerprint density at radius 3 is 3.00 bits per heavy atom. The fraction of sp³-hybridized carbons (Fsp3) is 0.429. The molecule has 0 aromatic carbocycles. The van der Waals surface area contributed by atoms with Crippen LogP contribution in [0.2, 0.25) is 0 Å². The van der Waals surface area contributed by atoms with E-state index in [2.05, 4.69) is 25.5 Å². The normalized spacial score (nSPS) is 18.0. The molecule has 2 aromatic rings. The fourth-order valence-electron chi connectivity index (χ4n) is 2.53. The van der Waals surface area contributed by atoms with Gasteiger partial charge in [-0.25, -0.2) is 9.97 Å². The molecule has 7 nitrogen and oxygen atoms in total. The molecule has 0 radical (unpaired) electrons. The van der Waals surface area contributed by atoms with Crippen LogP contribution in [0.25, 0.3) is 0 Å². The van der Waals surface area contributed by atoms with Crippen molar-refractivity contribution in [3.8, 4) is 0 Å². The summed E-state index contributed by atoms with van der Waals surface area (Å²) in [6.45, 7) is 2.83. The van der Waals surface area contributed by atoms with E-state index in [-0.39, 0.29) is 11.9 Å². The molecule has 2 N–H and O–H groups in total. The Morgan fingerprint density at radius 1 is 1.48 bits per heavy atom. The second-order valence-corrected chi connectivity index (χ2v) is 5.02. The average Bonchev–Trinajstić information content (AvgIpc) is 3.17. The maximum atomic E-state index is 12.4. The number of H-pyrrole nitrogens is 1. The Kier molecular flexibility index (Phi) is 3.81. The zero-order chi connectivity index (χ0) is 14.7. The van der Waals surface area contributed by atoms with Gasteiger partial charge in [0, 0.05) is 30.7 Å². The van der Waals surface area contributed by atoms with Crippen molar-refractivity contribution in [2.45, 2.75) is 32.2 Å². The van der Waals surface area contributed by atoms with Gasteiger partial charge < -0.3 is 10.2 Å². The molecule has 1 aliphatic rings. The average molecular weight is 286 g/mol. The lowest BCUT2D eigenvalue weighted by molar-refractivity contribution is -0.117. The Hall–Kier alpha value is -2.44. The molecule has 1 saturated heterocycles. The summed E-state index contributed by atoms with van der Waals surface area (Å²) in [5.41, 5.74) is 1.000. The van der Waals surface area contributed by atoms with Crippen molar-refractivity contribution >= 4 is 17.7 Å². The van der Waals surface area contributed by atoms with Gasteiger partial charge in [-0.2, -0.15) is 5.10 Å². The van der Waals surface area contributed by atoms with Gasteiger partial charge in [-0.15, -0.1) is 0 Å². The first-order valence-electron chi connectivity index (χ1n) is 7.16. The molecule has 1 atom stereocenters. The Bertz CT molecular complexity index is 611. The number of nitrogens with one attached hydrogen (secondary N) is 2. The highest BCUT2D eigenvalue weighted by Crippen LogP contribution is 2.22. The molecule has 3 heterocycles. The summed E-state index contributed by atoms with van der Waals surface area (Å²) in [4.78, 5) is 22.8. The van der Waals surface area contributed by atoms with Gasteiger partial charge in [-0.1, -0.05) is 6.92 Å². The quantitative estimate of drug-likeness (QED) is 0.886. The lowest BCUT2D eigenvalue weighted by atomic mass is 10.2. The Morgan fingerprint density at radius 2 is 2.29 bits per heavy atom. The van der Waals surface area contributed by atoms with E-state index in [1.54, 1.807) is 18.5 Å². The molecule has 0 bridgehead atoms. The van der Waals surface area contributed by atoms with Crippen molar-refractivity contribution < 1.29 is 4.79 Å². The molecule has 110 valence electrons. The molecule has 21 heavy (non-hydrogen) atoms. The number of hydrogen-bond acceptors (Lipinski definition) is 5. The molecule has 0 spiro atoms. The molecule has 1 aliphatic heterocycles. The number of rotatable bonds is 4. The smallest absolute Gasteiger partial charge is 0.248 e.